The van der Waals surface area contributed by atoms with Gasteiger partial charge in [0.1, 0.15) is 11.3 Å². The Hall–Kier alpha value is -2.42. The molecule has 3 rings (SSSR count). The minimum absolute atomic E-state index is 0. The molecule has 27 heavy (non-hydrogen) atoms. The molecule has 0 amide bonds. The number of fused-ring (bicyclic) bond motifs is 1. The largest absolute Gasteiger partial charge is 0.493 e. The van der Waals surface area contributed by atoms with E-state index >= 15 is 0 Å². The molecule has 0 saturated heterocycles. The zero-order chi connectivity index (χ0) is 18.5. The molecule has 0 atom stereocenters. The number of para-hydroxylation sites is 1. The van der Waals surface area contributed by atoms with Gasteiger partial charge in [0.05, 0.1) is 27.3 Å². The lowest BCUT2D eigenvalue weighted by Crippen LogP contribution is -2.31. The summed E-state index contributed by atoms with van der Waals surface area (Å²) in [7, 11) is 3.22. The van der Waals surface area contributed by atoms with E-state index in [9.17, 15) is 0 Å². The van der Waals surface area contributed by atoms with Gasteiger partial charge in [0.15, 0.2) is 17.5 Å². The van der Waals surface area contributed by atoms with Crippen molar-refractivity contribution >= 4 is 40.9 Å². The van der Waals surface area contributed by atoms with Crippen molar-refractivity contribution in [1.29, 1.82) is 0 Å². The number of benzene rings is 2. The Morgan fingerprint density at radius 3 is 2.56 bits per heavy atom. The highest BCUT2D eigenvalue weighted by molar-refractivity contribution is 14.0. The fourth-order valence-corrected chi connectivity index (χ4v) is 2.78. The first-order valence-electron chi connectivity index (χ1n) is 8.34. The Balaban J connectivity index is 0.00000261. The average molecular weight is 481 g/mol. The van der Waals surface area contributed by atoms with E-state index in [1.807, 2.05) is 49.4 Å². The third-order valence-corrected chi connectivity index (χ3v) is 4.25. The van der Waals surface area contributed by atoms with Crippen molar-refractivity contribution in [2.75, 3.05) is 14.2 Å². The molecule has 0 fully saturated rings. The van der Waals surface area contributed by atoms with Gasteiger partial charge in [-0.15, -0.1) is 24.0 Å². The van der Waals surface area contributed by atoms with E-state index < -0.39 is 0 Å². The van der Waals surface area contributed by atoms with Gasteiger partial charge in [0.25, 0.3) is 0 Å². The minimum atomic E-state index is 0. The molecule has 1 heterocycles. The van der Waals surface area contributed by atoms with Crippen molar-refractivity contribution in [2.24, 2.45) is 10.7 Å². The first-order valence-corrected chi connectivity index (χ1v) is 8.34. The van der Waals surface area contributed by atoms with Gasteiger partial charge in [-0.3, -0.25) is 0 Å². The Labute approximate surface area is 175 Å². The summed E-state index contributed by atoms with van der Waals surface area (Å²) in [4.78, 5) is 4.37. The Morgan fingerprint density at radius 1 is 1.11 bits per heavy atom. The smallest absolute Gasteiger partial charge is 0.189 e. The van der Waals surface area contributed by atoms with Crippen LogP contribution in [-0.4, -0.2) is 20.2 Å². The number of hydrogen-bond acceptors (Lipinski definition) is 4. The molecule has 0 aliphatic heterocycles. The molecule has 0 radical (unpaired) electrons. The summed E-state index contributed by atoms with van der Waals surface area (Å²) in [6, 6.07) is 13.6. The Kier molecular flexibility index (Phi) is 7.35. The van der Waals surface area contributed by atoms with Crippen molar-refractivity contribution in [2.45, 2.75) is 20.0 Å². The van der Waals surface area contributed by atoms with Crippen molar-refractivity contribution < 1.29 is 13.9 Å². The standard InChI is InChI=1S/C20H23N3O3.HI/c1-13-15-6-4-5-7-16(15)26-19(13)12-23-20(21)22-11-14-8-9-17(24-2)18(10-14)25-3;/h4-10H,11-12H2,1-3H3,(H3,21,22,23);1H. The minimum Gasteiger partial charge on any atom is -0.493 e. The van der Waals surface area contributed by atoms with Crippen molar-refractivity contribution in [3.05, 3.63) is 59.4 Å². The van der Waals surface area contributed by atoms with Crippen LogP contribution in [-0.2, 0) is 13.1 Å². The predicted octanol–water partition coefficient (Wildman–Crippen LogP) is 3.98. The van der Waals surface area contributed by atoms with E-state index in [2.05, 4.69) is 10.3 Å². The van der Waals surface area contributed by atoms with Gasteiger partial charge in [-0.2, -0.15) is 0 Å². The van der Waals surface area contributed by atoms with Crippen LogP contribution in [0.15, 0.2) is 51.9 Å². The summed E-state index contributed by atoms with van der Waals surface area (Å²) in [6.45, 7) is 2.97. The number of ether oxygens (including phenoxy) is 2. The van der Waals surface area contributed by atoms with Crippen LogP contribution in [0, 0.1) is 6.92 Å². The van der Waals surface area contributed by atoms with Crippen LogP contribution in [0.4, 0.5) is 0 Å². The molecule has 144 valence electrons. The van der Waals surface area contributed by atoms with Crippen molar-refractivity contribution in [1.82, 2.24) is 5.32 Å². The summed E-state index contributed by atoms with van der Waals surface area (Å²) in [5.41, 5.74) is 8.95. The van der Waals surface area contributed by atoms with E-state index in [4.69, 9.17) is 19.6 Å². The third kappa shape index (κ3) is 4.85. The molecule has 0 spiro atoms. The number of nitrogens with one attached hydrogen (secondary N) is 1. The summed E-state index contributed by atoms with van der Waals surface area (Å²) in [5.74, 6) is 2.58. The number of furan rings is 1. The van der Waals surface area contributed by atoms with Crippen LogP contribution in [0.1, 0.15) is 16.9 Å². The highest BCUT2D eigenvalue weighted by Gasteiger charge is 2.09. The molecular weight excluding hydrogens is 457 g/mol. The lowest BCUT2D eigenvalue weighted by atomic mass is 10.1. The van der Waals surface area contributed by atoms with E-state index in [0.29, 0.717) is 30.5 Å². The van der Waals surface area contributed by atoms with Crippen LogP contribution >= 0.6 is 24.0 Å². The Morgan fingerprint density at radius 2 is 1.85 bits per heavy atom. The number of halogens is 1. The van der Waals surface area contributed by atoms with Crippen LogP contribution in [0.5, 0.6) is 11.5 Å². The maximum Gasteiger partial charge on any atom is 0.189 e. The lowest BCUT2D eigenvalue weighted by molar-refractivity contribution is 0.354. The molecule has 0 bridgehead atoms. The second-order valence-corrected chi connectivity index (χ2v) is 5.89. The van der Waals surface area contributed by atoms with Gasteiger partial charge in [0.2, 0.25) is 0 Å². The average Bonchev–Trinajstić information content (AvgIpc) is 3.00. The summed E-state index contributed by atoms with van der Waals surface area (Å²) in [6.07, 6.45) is 0. The number of rotatable bonds is 6. The van der Waals surface area contributed by atoms with E-state index in [1.54, 1.807) is 14.2 Å². The maximum atomic E-state index is 5.98. The Bertz CT molecular complexity index is 937. The number of aryl methyl sites for hydroxylation is 1. The van der Waals surface area contributed by atoms with Gasteiger partial charge in [-0.1, -0.05) is 24.3 Å². The molecule has 6 nitrogen and oxygen atoms in total. The number of guanidine groups is 1. The first kappa shape index (κ1) is 20.9. The summed E-state index contributed by atoms with van der Waals surface area (Å²) < 4.78 is 16.4. The zero-order valence-corrected chi connectivity index (χ0v) is 17.9. The highest BCUT2D eigenvalue weighted by Crippen LogP contribution is 2.28. The molecule has 0 aliphatic rings. The number of nitrogens with two attached hydrogens (primary N) is 1. The van der Waals surface area contributed by atoms with Crippen LogP contribution < -0.4 is 20.5 Å². The fourth-order valence-electron chi connectivity index (χ4n) is 2.78. The normalized spacial score (nSPS) is 11.1. The number of methoxy groups -OCH3 is 2. The second-order valence-electron chi connectivity index (χ2n) is 5.89. The molecule has 3 aromatic rings. The zero-order valence-electron chi connectivity index (χ0n) is 15.6. The number of hydrogen-bond donors (Lipinski definition) is 2. The van der Waals surface area contributed by atoms with Crippen LogP contribution in [0.2, 0.25) is 0 Å². The number of aliphatic imine (C=N–C) groups is 1. The number of nitrogens with zero attached hydrogens (tertiary/aromatic N) is 1. The quantitative estimate of drug-likeness (QED) is 0.316. The summed E-state index contributed by atoms with van der Waals surface area (Å²) in [5, 5.41) is 4.22. The van der Waals surface area contributed by atoms with E-state index in [0.717, 1.165) is 27.9 Å². The van der Waals surface area contributed by atoms with Crippen LogP contribution in [0.3, 0.4) is 0 Å². The highest BCUT2D eigenvalue weighted by atomic mass is 127. The first-order chi connectivity index (χ1) is 12.6. The van der Waals surface area contributed by atoms with Crippen molar-refractivity contribution in [3.63, 3.8) is 0 Å². The fraction of sp³-hybridized carbons (Fsp3) is 0.250. The van der Waals surface area contributed by atoms with E-state index in [-0.39, 0.29) is 24.0 Å². The van der Waals surface area contributed by atoms with Gasteiger partial charge in [0, 0.05) is 10.9 Å². The SMILES string of the molecule is COc1ccc(CN=C(N)NCc2oc3ccccc3c2C)cc1OC.I. The van der Waals surface area contributed by atoms with Gasteiger partial charge < -0.3 is 24.9 Å². The topological polar surface area (TPSA) is 82.0 Å². The molecule has 0 aliphatic carbocycles. The molecule has 7 heteroatoms. The van der Waals surface area contributed by atoms with Gasteiger partial charge in [-0.25, -0.2) is 4.99 Å². The summed E-state index contributed by atoms with van der Waals surface area (Å²) >= 11 is 0. The molecule has 3 N–H and O–H groups in total. The van der Waals surface area contributed by atoms with E-state index in [1.165, 1.54) is 0 Å². The molecule has 2 aromatic carbocycles. The van der Waals surface area contributed by atoms with Crippen LogP contribution in [0.25, 0.3) is 11.0 Å². The molecule has 0 saturated carbocycles. The monoisotopic (exact) mass is 481 g/mol. The molecule has 1 aromatic heterocycles. The predicted molar refractivity (Wildman–Crippen MR) is 118 cm³/mol. The third-order valence-electron chi connectivity index (χ3n) is 4.25. The van der Waals surface area contributed by atoms with Gasteiger partial charge in [-0.05, 0) is 30.7 Å². The lowest BCUT2D eigenvalue weighted by Gasteiger charge is -2.09. The molecular formula is C20H24IN3O3. The maximum absolute atomic E-state index is 5.98. The van der Waals surface area contributed by atoms with Gasteiger partial charge >= 0.3 is 0 Å². The molecule has 0 unspecified atom stereocenters. The second kappa shape index (κ2) is 9.50. The van der Waals surface area contributed by atoms with Crippen molar-refractivity contribution in [3.8, 4) is 11.5 Å².